The topological polar surface area (TPSA) is 89.9 Å². The first kappa shape index (κ1) is 16.9. The van der Waals surface area contributed by atoms with Crippen molar-refractivity contribution in [2.24, 2.45) is 0 Å². The van der Waals surface area contributed by atoms with Crippen molar-refractivity contribution in [2.75, 3.05) is 11.9 Å². The fraction of sp³-hybridized carbons (Fsp3) is 0.0625. The average molecular weight is 406 g/mol. The van der Waals surface area contributed by atoms with Gasteiger partial charge in [0.05, 0.1) is 33.3 Å². The third-order valence-electron chi connectivity index (χ3n) is 3.52. The largest absolute Gasteiger partial charge is 0.467 e. The minimum atomic E-state index is -0.356. The van der Waals surface area contributed by atoms with Crippen molar-refractivity contribution in [1.29, 1.82) is 0 Å². The Hall–Kier alpha value is -2.55. The first-order valence-electron chi connectivity index (χ1n) is 7.35. The Labute approximate surface area is 161 Å². The standard InChI is InChI=1S/C16H9Cl2N5O2S/c17-8-4-9-14(10(18)5-8)19-7-20-16(9)25-6-13(24)21-11-2-1-3-12-15(11)23-26-22-12/h1-5,7H,6H2,(H,21,24). The molecule has 0 aliphatic rings. The summed E-state index contributed by atoms with van der Waals surface area (Å²) in [4.78, 5) is 20.4. The molecule has 4 aromatic rings. The zero-order valence-corrected chi connectivity index (χ0v) is 15.3. The number of carbonyl (C=O) groups excluding carboxylic acids is 1. The Morgan fingerprint density at radius 1 is 1.15 bits per heavy atom. The van der Waals surface area contributed by atoms with Gasteiger partial charge in [-0.05, 0) is 24.3 Å². The van der Waals surface area contributed by atoms with E-state index in [4.69, 9.17) is 27.9 Å². The normalized spacial score (nSPS) is 11.0. The van der Waals surface area contributed by atoms with Gasteiger partial charge in [0, 0.05) is 5.02 Å². The van der Waals surface area contributed by atoms with Gasteiger partial charge in [0.2, 0.25) is 5.88 Å². The van der Waals surface area contributed by atoms with E-state index < -0.39 is 0 Å². The molecule has 0 aliphatic carbocycles. The molecule has 2 aromatic heterocycles. The monoisotopic (exact) mass is 405 g/mol. The maximum absolute atomic E-state index is 12.2. The van der Waals surface area contributed by atoms with Gasteiger partial charge in [-0.25, -0.2) is 9.97 Å². The van der Waals surface area contributed by atoms with Crippen LogP contribution in [0.4, 0.5) is 5.69 Å². The molecular weight excluding hydrogens is 397 g/mol. The van der Waals surface area contributed by atoms with Gasteiger partial charge in [-0.15, -0.1) is 0 Å². The Kier molecular flexibility index (Phi) is 4.54. The van der Waals surface area contributed by atoms with E-state index in [0.717, 1.165) is 17.2 Å². The van der Waals surface area contributed by atoms with Crippen LogP contribution in [0.15, 0.2) is 36.7 Å². The van der Waals surface area contributed by atoms with Crippen molar-refractivity contribution in [3.8, 4) is 5.88 Å². The summed E-state index contributed by atoms with van der Waals surface area (Å²) in [6.07, 6.45) is 1.32. The summed E-state index contributed by atoms with van der Waals surface area (Å²) < 4.78 is 13.9. The summed E-state index contributed by atoms with van der Waals surface area (Å²) >= 11 is 13.2. The quantitative estimate of drug-likeness (QED) is 0.552. The number of fused-ring (bicyclic) bond motifs is 2. The van der Waals surface area contributed by atoms with E-state index >= 15 is 0 Å². The number of halogens is 2. The van der Waals surface area contributed by atoms with Gasteiger partial charge in [-0.2, -0.15) is 8.75 Å². The molecule has 10 heteroatoms. The number of nitrogens with zero attached hydrogens (tertiary/aromatic N) is 4. The number of amides is 1. The Morgan fingerprint density at radius 2 is 2.04 bits per heavy atom. The fourth-order valence-corrected chi connectivity index (χ4v) is 3.50. The van der Waals surface area contributed by atoms with Crippen molar-refractivity contribution < 1.29 is 9.53 Å². The summed E-state index contributed by atoms with van der Waals surface area (Å²) in [5.74, 6) is -0.131. The number of rotatable bonds is 4. The molecule has 7 nitrogen and oxygen atoms in total. The van der Waals surface area contributed by atoms with Gasteiger partial charge in [0.25, 0.3) is 5.91 Å². The zero-order valence-electron chi connectivity index (χ0n) is 12.9. The van der Waals surface area contributed by atoms with Crippen molar-refractivity contribution in [2.45, 2.75) is 0 Å². The predicted molar refractivity (Wildman–Crippen MR) is 101 cm³/mol. The molecule has 4 rings (SSSR count). The number of nitrogens with one attached hydrogen (secondary N) is 1. The van der Waals surface area contributed by atoms with E-state index in [-0.39, 0.29) is 18.4 Å². The zero-order chi connectivity index (χ0) is 18.1. The van der Waals surface area contributed by atoms with Crippen LogP contribution in [0.5, 0.6) is 5.88 Å². The van der Waals surface area contributed by atoms with Crippen LogP contribution in [-0.2, 0) is 4.79 Å². The molecule has 2 aromatic carbocycles. The molecule has 0 fully saturated rings. The van der Waals surface area contributed by atoms with Crippen molar-refractivity contribution >= 4 is 68.5 Å². The van der Waals surface area contributed by atoms with Gasteiger partial charge < -0.3 is 10.1 Å². The van der Waals surface area contributed by atoms with Crippen molar-refractivity contribution in [3.05, 3.63) is 46.7 Å². The lowest BCUT2D eigenvalue weighted by molar-refractivity contribution is -0.118. The molecule has 1 N–H and O–H groups in total. The number of hydrogen-bond acceptors (Lipinski definition) is 7. The van der Waals surface area contributed by atoms with Gasteiger partial charge in [0.1, 0.15) is 17.4 Å². The van der Waals surface area contributed by atoms with Crippen LogP contribution in [0.1, 0.15) is 0 Å². The maximum Gasteiger partial charge on any atom is 0.262 e. The highest BCUT2D eigenvalue weighted by Gasteiger charge is 2.13. The summed E-state index contributed by atoms with van der Waals surface area (Å²) in [7, 11) is 0. The molecule has 0 saturated heterocycles. The summed E-state index contributed by atoms with van der Waals surface area (Å²) in [6, 6.07) is 8.59. The van der Waals surface area contributed by atoms with E-state index in [1.165, 1.54) is 6.33 Å². The number of anilines is 1. The third-order valence-corrected chi connectivity index (χ3v) is 4.57. The maximum atomic E-state index is 12.2. The van der Waals surface area contributed by atoms with E-state index in [1.807, 2.05) is 6.07 Å². The molecule has 26 heavy (non-hydrogen) atoms. The van der Waals surface area contributed by atoms with Crippen LogP contribution in [0.3, 0.4) is 0 Å². The second-order valence-electron chi connectivity index (χ2n) is 5.24. The van der Waals surface area contributed by atoms with Gasteiger partial charge >= 0.3 is 0 Å². The highest BCUT2D eigenvalue weighted by atomic mass is 35.5. The molecule has 2 heterocycles. The summed E-state index contributed by atoms with van der Waals surface area (Å²) in [6.45, 7) is -0.246. The number of ether oxygens (including phenoxy) is 1. The lowest BCUT2D eigenvalue weighted by atomic mass is 10.2. The number of benzene rings is 2. The lowest BCUT2D eigenvalue weighted by Crippen LogP contribution is -2.20. The fourth-order valence-electron chi connectivity index (χ4n) is 2.41. The molecule has 130 valence electrons. The van der Waals surface area contributed by atoms with Gasteiger partial charge in [-0.3, -0.25) is 4.79 Å². The van der Waals surface area contributed by atoms with Crippen LogP contribution in [0.2, 0.25) is 10.0 Å². The summed E-state index contributed by atoms with van der Waals surface area (Å²) in [5.41, 5.74) is 2.43. The van der Waals surface area contributed by atoms with Crippen LogP contribution in [-0.4, -0.2) is 31.2 Å². The Bertz CT molecular complexity index is 1130. The van der Waals surface area contributed by atoms with E-state index in [1.54, 1.807) is 24.3 Å². The molecule has 0 bridgehead atoms. The molecule has 1 amide bonds. The average Bonchev–Trinajstić information content (AvgIpc) is 3.10. The van der Waals surface area contributed by atoms with Crippen LogP contribution < -0.4 is 10.1 Å². The van der Waals surface area contributed by atoms with Crippen LogP contribution >= 0.6 is 34.9 Å². The first-order chi connectivity index (χ1) is 12.6. The highest BCUT2D eigenvalue weighted by Crippen LogP contribution is 2.30. The van der Waals surface area contributed by atoms with E-state index in [9.17, 15) is 4.79 Å². The van der Waals surface area contributed by atoms with Crippen molar-refractivity contribution in [1.82, 2.24) is 18.7 Å². The molecule has 0 unspecified atom stereocenters. The number of aromatic nitrogens is 4. The lowest BCUT2D eigenvalue weighted by Gasteiger charge is -2.09. The third kappa shape index (κ3) is 3.26. The SMILES string of the molecule is O=C(COc1ncnc2c(Cl)cc(Cl)cc12)Nc1cccc2nsnc12. The molecular formula is C16H9Cl2N5O2S. The molecule has 0 radical (unpaired) electrons. The number of hydrogen-bond donors (Lipinski definition) is 1. The second kappa shape index (κ2) is 6.99. The molecule has 0 spiro atoms. The Morgan fingerprint density at radius 3 is 2.92 bits per heavy atom. The van der Waals surface area contributed by atoms with Crippen molar-refractivity contribution in [3.63, 3.8) is 0 Å². The molecule has 0 saturated carbocycles. The van der Waals surface area contributed by atoms with Gasteiger partial charge in [0.15, 0.2) is 6.61 Å². The molecule has 0 atom stereocenters. The Balaban J connectivity index is 1.53. The number of carbonyl (C=O) groups is 1. The molecule has 0 aliphatic heterocycles. The van der Waals surface area contributed by atoms with Gasteiger partial charge in [-0.1, -0.05) is 29.3 Å². The second-order valence-corrected chi connectivity index (χ2v) is 6.61. The minimum Gasteiger partial charge on any atom is -0.467 e. The highest BCUT2D eigenvalue weighted by molar-refractivity contribution is 7.00. The smallest absolute Gasteiger partial charge is 0.262 e. The van der Waals surface area contributed by atoms with Crippen LogP contribution in [0, 0.1) is 0 Å². The minimum absolute atomic E-state index is 0.225. The predicted octanol–water partition coefficient (Wildman–Crippen LogP) is 3.96. The summed E-state index contributed by atoms with van der Waals surface area (Å²) in [5, 5.41) is 4.09. The van der Waals surface area contributed by atoms with E-state index in [2.05, 4.69) is 24.0 Å². The van der Waals surface area contributed by atoms with Crippen LogP contribution in [0.25, 0.3) is 21.9 Å². The van der Waals surface area contributed by atoms with E-state index in [0.29, 0.717) is 32.2 Å². The first-order valence-corrected chi connectivity index (χ1v) is 8.84.